The molecule has 0 aliphatic rings. The van der Waals surface area contributed by atoms with Gasteiger partial charge in [0.15, 0.2) is 5.78 Å². The Kier molecular flexibility index (Phi) is 3.58. The Hall–Kier alpha value is -1.94. The maximum absolute atomic E-state index is 12.2. The van der Waals surface area contributed by atoms with Crippen molar-refractivity contribution >= 4 is 16.6 Å². The Morgan fingerprint density at radius 2 is 1.72 bits per heavy atom. The highest BCUT2D eigenvalue weighted by molar-refractivity contribution is 7.84. The number of carbonyl (C=O) groups is 1. The van der Waals surface area contributed by atoms with E-state index in [1.165, 1.54) is 12.3 Å². The Balaban J connectivity index is 2.50. The van der Waals surface area contributed by atoms with Crippen LogP contribution in [0.1, 0.15) is 15.9 Å². The molecule has 1 unspecified atom stereocenters. The van der Waals surface area contributed by atoms with Gasteiger partial charge in [-0.15, -0.1) is 0 Å². The van der Waals surface area contributed by atoms with Crippen LogP contribution in [0.4, 0.5) is 0 Å². The predicted octanol–water partition coefficient (Wildman–Crippen LogP) is 2.36. The molecule has 4 heteroatoms. The molecule has 0 radical (unpaired) electrons. The highest BCUT2D eigenvalue weighted by Gasteiger charge is 2.16. The molecule has 0 aliphatic carbocycles. The van der Waals surface area contributed by atoms with Crippen molar-refractivity contribution in [2.24, 2.45) is 0 Å². The van der Waals surface area contributed by atoms with Crippen molar-refractivity contribution < 1.29 is 14.1 Å². The minimum Gasteiger partial charge on any atom is -0.506 e. The molecule has 2 aromatic rings. The number of carbonyl (C=O) groups excluding carboxylic acids is 1. The predicted molar refractivity (Wildman–Crippen MR) is 70.3 cm³/mol. The van der Waals surface area contributed by atoms with Crippen LogP contribution in [0.2, 0.25) is 0 Å². The molecule has 0 aliphatic heterocycles. The normalized spacial score (nSPS) is 12.1. The fourth-order valence-electron chi connectivity index (χ4n) is 1.68. The second-order valence-electron chi connectivity index (χ2n) is 3.80. The van der Waals surface area contributed by atoms with Gasteiger partial charge in [-0.3, -0.25) is 9.00 Å². The molecule has 3 nitrogen and oxygen atoms in total. The Morgan fingerprint density at radius 1 is 1.06 bits per heavy atom. The fraction of sp³-hybridized carbons (Fsp3) is 0.0714. The number of phenols is 1. The summed E-state index contributed by atoms with van der Waals surface area (Å²) in [5.41, 5.74) is 0.667. The van der Waals surface area contributed by atoms with E-state index in [0.29, 0.717) is 5.56 Å². The van der Waals surface area contributed by atoms with Crippen LogP contribution in [-0.2, 0) is 10.8 Å². The summed E-state index contributed by atoms with van der Waals surface area (Å²) in [6.45, 7) is 0. The van der Waals surface area contributed by atoms with Crippen LogP contribution in [0, 0.1) is 0 Å². The van der Waals surface area contributed by atoms with Crippen LogP contribution < -0.4 is 0 Å². The first-order valence-electron chi connectivity index (χ1n) is 5.36. The minimum absolute atomic E-state index is 0.175. The van der Waals surface area contributed by atoms with E-state index >= 15 is 0 Å². The van der Waals surface area contributed by atoms with Gasteiger partial charge in [-0.25, -0.2) is 0 Å². The number of benzene rings is 2. The van der Waals surface area contributed by atoms with Crippen LogP contribution >= 0.6 is 0 Å². The van der Waals surface area contributed by atoms with Crippen molar-refractivity contribution in [2.75, 3.05) is 6.26 Å². The maximum Gasteiger partial charge on any atom is 0.196 e. The summed E-state index contributed by atoms with van der Waals surface area (Å²) in [5, 5.41) is 9.98. The molecule has 1 atom stereocenters. The van der Waals surface area contributed by atoms with Crippen molar-refractivity contribution in [3.63, 3.8) is 0 Å². The van der Waals surface area contributed by atoms with Crippen molar-refractivity contribution in [3.05, 3.63) is 59.7 Å². The van der Waals surface area contributed by atoms with Crippen LogP contribution in [-0.4, -0.2) is 21.4 Å². The first kappa shape index (κ1) is 12.5. The lowest BCUT2D eigenvalue weighted by atomic mass is 10.0. The number of ketones is 1. The third-order valence-corrected chi connectivity index (χ3v) is 3.54. The van der Waals surface area contributed by atoms with Gasteiger partial charge in [0.05, 0.1) is 21.3 Å². The summed E-state index contributed by atoms with van der Waals surface area (Å²) in [6, 6.07) is 13.4. The number of hydrogen-bond acceptors (Lipinski definition) is 3. The molecular formula is C14H12O3S. The number of rotatable bonds is 3. The van der Waals surface area contributed by atoms with E-state index in [-0.39, 0.29) is 22.0 Å². The summed E-state index contributed by atoms with van der Waals surface area (Å²) in [5.74, 6) is -0.479. The van der Waals surface area contributed by atoms with E-state index in [0.717, 1.165) is 0 Å². The largest absolute Gasteiger partial charge is 0.506 e. The zero-order valence-corrected chi connectivity index (χ0v) is 10.6. The van der Waals surface area contributed by atoms with Crippen LogP contribution in [0.5, 0.6) is 5.75 Å². The van der Waals surface area contributed by atoms with Crippen molar-refractivity contribution in [2.45, 2.75) is 4.90 Å². The Morgan fingerprint density at radius 3 is 2.33 bits per heavy atom. The van der Waals surface area contributed by atoms with Gasteiger partial charge in [-0.2, -0.15) is 0 Å². The fourth-order valence-corrected chi connectivity index (χ4v) is 2.33. The zero-order valence-electron chi connectivity index (χ0n) is 9.79. The zero-order chi connectivity index (χ0) is 13.1. The summed E-state index contributed by atoms with van der Waals surface area (Å²) < 4.78 is 11.4. The van der Waals surface area contributed by atoms with E-state index in [4.69, 9.17) is 0 Å². The lowest BCUT2D eigenvalue weighted by Crippen LogP contribution is -2.03. The molecule has 92 valence electrons. The van der Waals surface area contributed by atoms with Gasteiger partial charge in [0.25, 0.3) is 0 Å². The average molecular weight is 260 g/mol. The number of phenolic OH excluding ortho intramolecular Hbond substituents is 1. The van der Waals surface area contributed by atoms with E-state index in [2.05, 4.69) is 0 Å². The maximum atomic E-state index is 12.2. The highest BCUT2D eigenvalue weighted by atomic mass is 32.2. The topological polar surface area (TPSA) is 54.4 Å². The van der Waals surface area contributed by atoms with Crippen molar-refractivity contribution in [1.82, 2.24) is 0 Å². The molecule has 0 fully saturated rings. The summed E-state index contributed by atoms with van der Waals surface area (Å²) >= 11 is 0. The van der Waals surface area contributed by atoms with E-state index in [1.54, 1.807) is 36.4 Å². The van der Waals surface area contributed by atoms with Crippen LogP contribution in [0.25, 0.3) is 0 Å². The van der Waals surface area contributed by atoms with Gasteiger partial charge < -0.3 is 5.11 Å². The minimum atomic E-state index is -1.33. The Labute approximate surface area is 108 Å². The molecule has 1 N–H and O–H groups in total. The second kappa shape index (κ2) is 5.14. The van der Waals surface area contributed by atoms with Gasteiger partial charge in [-0.1, -0.05) is 36.4 Å². The molecule has 2 rings (SSSR count). The van der Waals surface area contributed by atoms with Gasteiger partial charge in [0, 0.05) is 11.8 Å². The third-order valence-electron chi connectivity index (χ3n) is 2.59. The summed E-state index contributed by atoms with van der Waals surface area (Å²) in [7, 11) is -1.33. The molecule has 0 spiro atoms. The molecule has 0 heterocycles. The third kappa shape index (κ3) is 2.33. The molecular weight excluding hydrogens is 248 g/mol. The van der Waals surface area contributed by atoms with Gasteiger partial charge in [0.1, 0.15) is 5.75 Å². The van der Waals surface area contributed by atoms with Gasteiger partial charge in [0.2, 0.25) is 0 Å². The molecule has 18 heavy (non-hydrogen) atoms. The molecule has 0 saturated heterocycles. The molecule has 0 amide bonds. The van der Waals surface area contributed by atoms with E-state index in [1.807, 2.05) is 6.07 Å². The summed E-state index contributed by atoms with van der Waals surface area (Å²) in [6.07, 6.45) is 1.46. The van der Waals surface area contributed by atoms with Crippen LogP contribution in [0.15, 0.2) is 53.4 Å². The highest BCUT2D eigenvalue weighted by Crippen LogP contribution is 2.27. The van der Waals surface area contributed by atoms with Gasteiger partial charge >= 0.3 is 0 Å². The lowest BCUT2D eigenvalue weighted by molar-refractivity contribution is 0.103. The monoisotopic (exact) mass is 260 g/mol. The summed E-state index contributed by atoms with van der Waals surface area (Å²) in [4.78, 5) is 12.5. The van der Waals surface area contributed by atoms with Crippen molar-refractivity contribution in [3.8, 4) is 5.75 Å². The Bertz CT molecular complexity index is 606. The quantitative estimate of drug-likeness (QED) is 0.862. The first-order valence-corrected chi connectivity index (χ1v) is 6.92. The SMILES string of the molecule is CS(=O)c1cccc(C(=O)c2ccccc2)c1O. The molecule has 2 aromatic carbocycles. The van der Waals surface area contributed by atoms with Gasteiger partial charge in [-0.05, 0) is 12.1 Å². The van der Waals surface area contributed by atoms with Crippen molar-refractivity contribution in [1.29, 1.82) is 0 Å². The standard InChI is InChI=1S/C14H12O3S/c1-18(17)12-9-5-8-11(14(12)16)13(15)10-6-3-2-4-7-10/h2-9,16H,1H3. The molecule has 0 aromatic heterocycles. The number of aromatic hydroxyl groups is 1. The smallest absolute Gasteiger partial charge is 0.196 e. The lowest BCUT2D eigenvalue weighted by Gasteiger charge is -2.07. The number of para-hydroxylation sites is 1. The van der Waals surface area contributed by atoms with Crippen LogP contribution in [0.3, 0.4) is 0 Å². The first-order chi connectivity index (χ1) is 8.61. The molecule has 0 bridgehead atoms. The number of hydrogen-bond donors (Lipinski definition) is 1. The van der Waals surface area contributed by atoms with E-state index in [9.17, 15) is 14.1 Å². The average Bonchev–Trinajstić information content (AvgIpc) is 2.39. The van der Waals surface area contributed by atoms with E-state index < -0.39 is 10.8 Å². The second-order valence-corrected chi connectivity index (χ2v) is 5.15. The molecule has 0 saturated carbocycles.